The van der Waals surface area contributed by atoms with Crippen molar-refractivity contribution in [3.63, 3.8) is 0 Å². The number of hydrogen-bond donors (Lipinski definition) is 0. The molecule has 1 rings (SSSR count). The minimum atomic E-state index is -1.93. The number of hydrogen-bond acceptors (Lipinski definition) is 4. The number of Topliss-reactive ketones (excluding diaryl/α,β-unsaturated/α-hetero) is 1. The minimum absolute atomic E-state index is 0.0148. The lowest BCUT2D eigenvalue weighted by Crippen LogP contribution is -2.49. The first-order valence-electron chi connectivity index (χ1n) is 9.00. The van der Waals surface area contributed by atoms with Crippen molar-refractivity contribution >= 4 is 20.1 Å². The fraction of sp³-hybridized carbons (Fsp3) is 0.789. The van der Waals surface area contributed by atoms with Crippen LogP contribution in [0.15, 0.2) is 12.7 Å². The molecule has 0 radical (unpaired) electrons. The molecule has 1 saturated carbocycles. The van der Waals surface area contributed by atoms with E-state index in [0.29, 0.717) is 19.4 Å². The van der Waals surface area contributed by atoms with E-state index in [1.165, 1.54) is 0 Å². The Balaban J connectivity index is 2.97. The van der Waals surface area contributed by atoms with Crippen molar-refractivity contribution in [2.45, 2.75) is 77.6 Å². The van der Waals surface area contributed by atoms with Crippen LogP contribution < -0.4 is 0 Å². The highest BCUT2D eigenvalue weighted by atomic mass is 28.4. The monoisotopic (exact) mass is 354 g/mol. The van der Waals surface area contributed by atoms with Gasteiger partial charge in [-0.05, 0) is 43.8 Å². The third-order valence-electron chi connectivity index (χ3n) is 5.47. The molecule has 24 heavy (non-hydrogen) atoms. The van der Waals surface area contributed by atoms with Crippen molar-refractivity contribution in [3.05, 3.63) is 12.7 Å². The number of carbonyl (C=O) groups excluding carboxylic acids is 2. The van der Waals surface area contributed by atoms with E-state index < -0.39 is 8.32 Å². The molecule has 4 nitrogen and oxygen atoms in total. The predicted octanol–water partition coefficient (Wildman–Crippen LogP) is 4.50. The Labute approximate surface area is 148 Å². The van der Waals surface area contributed by atoms with E-state index in [1.807, 2.05) is 6.08 Å². The van der Waals surface area contributed by atoms with Gasteiger partial charge in [0.25, 0.3) is 0 Å². The van der Waals surface area contributed by atoms with Gasteiger partial charge in [0.05, 0.1) is 13.0 Å². The molecule has 1 fully saturated rings. The maximum absolute atomic E-state index is 12.4. The molecule has 0 aromatic heterocycles. The van der Waals surface area contributed by atoms with Gasteiger partial charge in [-0.25, -0.2) is 0 Å². The third kappa shape index (κ3) is 5.28. The first-order chi connectivity index (χ1) is 11.0. The lowest BCUT2D eigenvalue weighted by Gasteiger charge is -2.44. The van der Waals surface area contributed by atoms with Gasteiger partial charge in [-0.2, -0.15) is 0 Å². The Morgan fingerprint density at radius 3 is 2.50 bits per heavy atom. The van der Waals surface area contributed by atoms with Gasteiger partial charge in [0.15, 0.2) is 8.32 Å². The molecule has 0 aromatic rings. The summed E-state index contributed by atoms with van der Waals surface area (Å²) >= 11 is 0. The second-order valence-electron chi connectivity index (χ2n) is 8.23. The molecule has 5 heteroatoms. The molecule has 0 bridgehead atoms. The van der Waals surface area contributed by atoms with Gasteiger partial charge in [-0.3, -0.25) is 9.59 Å². The van der Waals surface area contributed by atoms with Gasteiger partial charge in [0.1, 0.15) is 5.78 Å². The first-order valence-corrected chi connectivity index (χ1v) is 11.9. The zero-order chi connectivity index (χ0) is 18.5. The van der Waals surface area contributed by atoms with Crippen LogP contribution in [-0.2, 0) is 18.8 Å². The summed E-state index contributed by atoms with van der Waals surface area (Å²) in [5, 5.41) is 0.115. The quantitative estimate of drug-likeness (QED) is 0.384. The Bertz CT molecular complexity index is 464. The molecule has 0 aliphatic heterocycles. The highest BCUT2D eigenvalue weighted by molar-refractivity contribution is 6.74. The van der Waals surface area contributed by atoms with Crippen molar-refractivity contribution in [3.8, 4) is 0 Å². The Hall–Kier alpha value is -0.943. The van der Waals surface area contributed by atoms with Crippen molar-refractivity contribution < 1.29 is 18.8 Å². The van der Waals surface area contributed by atoms with Crippen LogP contribution in [0.2, 0.25) is 18.1 Å². The van der Waals surface area contributed by atoms with Crippen LogP contribution in [0.4, 0.5) is 0 Å². The maximum Gasteiger partial charge on any atom is 0.306 e. The summed E-state index contributed by atoms with van der Waals surface area (Å²) in [5.74, 6) is -0.435. The standard InChI is InChI=1S/C19H34O4Si/c1-8-10-14-15(13-18(21)22-9-2)16(20)11-12-17(14)23-24(6,7)19(3,4)5/h8,14-15,17H,1,9-13H2,2-7H3/t14-,15-,17-/m1/s1. The second kappa shape index (κ2) is 8.43. The second-order valence-corrected chi connectivity index (χ2v) is 13.0. The molecule has 0 heterocycles. The summed E-state index contributed by atoms with van der Waals surface area (Å²) in [4.78, 5) is 24.4. The Morgan fingerprint density at radius 1 is 1.38 bits per heavy atom. The van der Waals surface area contributed by atoms with E-state index >= 15 is 0 Å². The third-order valence-corrected chi connectivity index (χ3v) is 9.97. The molecule has 0 aromatic carbocycles. The van der Waals surface area contributed by atoms with Crippen LogP contribution in [0.3, 0.4) is 0 Å². The average Bonchev–Trinajstić information content (AvgIpc) is 2.44. The van der Waals surface area contributed by atoms with Crippen molar-refractivity contribution in [1.29, 1.82) is 0 Å². The molecule has 0 N–H and O–H groups in total. The van der Waals surface area contributed by atoms with E-state index in [9.17, 15) is 9.59 Å². The van der Waals surface area contributed by atoms with Crippen LogP contribution in [0, 0.1) is 11.8 Å². The van der Waals surface area contributed by atoms with Crippen LogP contribution in [0.1, 0.15) is 53.4 Å². The van der Waals surface area contributed by atoms with Crippen LogP contribution in [-0.4, -0.2) is 32.8 Å². The average molecular weight is 355 g/mol. The number of esters is 1. The number of allylic oxidation sites excluding steroid dienone is 1. The van der Waals surface area contributed by atoms with Gasteiger partial charge >= 0.3 is 5.97 Å². The summed E-state index contributed by atoms with van der Waals surface area (Å²) in [6.07, 6.45) is 3.92. The van der Waals surface area contributed by atoms with Gasteiger partial charge in [0.2, 0.25) is 0 Å². The molecule has 0 unspecified atom stereocenters. The summed E-state index contributed by atoms with van der Waals surface area (Å²) in [6, 6.07) is 0. The van der Waals surface area contributed by atoms with Crippen LogP contribution >= 0.6 is 0 Å². The highest BCUT2D eigenvalue weighted by Crippen LogP contribution is 2.42. The summed E-state index contributed by atoms with van der Waals surface area (Å²) in [7, 11) is -1.93. The summed E-state index contributed by atoms with van der Waals surface area (Å²) in [6.45, 7) is 17.1. The summed E-state index contributed by atoms with van der Waals surface area (Å²) in [5.41, 5.74) is 0. The fourth-order valence-electron chi connectivity index (χ4n) is 3.06. The highest BCUT2D eigenvalue weighted by Gasteiger charge is 2.45. The van der Waals surface area contributed by atoms with E-state index in [0.717, 1.165) is 6.42 Å². The maximum atomic E-state index is 12.4. The lowest BCUT2D eigenvalue weighted by atomic mass is 9.73. The fourth-order valence-corrected chi connectivity index (χ4v) is 4.46. The number of carbonyl (C=O) groups is 2. The van der Waals surface area contributed by atoms with E-state index in [4.69, 9.17) is 9.16 Å². The largest absolute Gasteiger partial charge is 0.466 e. The van der Waals surface area contributed by atoms with Crippen molar-refractivity contribution in [1.82, 2.24) is 0 Å². The lowest BCUT2D eigenvalue weighted by molar-refractivity contribution is -0.149. The van der Waals surface area contributed by atoms with Crippen molar-refractivity contribution in [2.24, 2.45) is 11.8 Å². The van der Waals surface area contributed by atoms with Crippen LogP contribution in [0.25, 0.3) is 0 Å². The predicted molar refractivity (Wildman–Crippen MR) is 99.4 cm³/mol. The van der Waals surface area contributed by atoms with E-state index in [-0.39, 0.29) is 41.2 Å². The van der Waals surface area contributed by atoms with Crippen LogP contribution in [0.5, 0.6) is 0 Å². The molecule has 1 aliphatic rings. The smallest absolute Gasteiger partial charge is 0.306 e. The topological polar surface area (TPSA) is 52.6 Å². The number of ether oxygens (including phenoxy) is 1. The van der Waals surface area contributed by atoms with E-state index in [2.05, 4.69) is 40.4 Å². The molecule has 0 spiro atoms. The first kappa shape index (κ1) is 21.1. The molecule has 3 atom stereocenters. The van der Waals surface area contributed by atoms with Gasteiger partial charge in [-0.1, -0.05) is 26.8 Å². The van der Waals surface area contributed by atoms with Gasteiger partial charge in [0, 0.05) is 18.4 Å². The minimum Gasteiger partial charge on any atom is -0.466 e. The number of rotatable bonds is 7. The Kier molecular flexibility index (Phi) is 7.41. The number of ketones is 1. The van der Waals surface area contributed by atoms with Gasteiger partial charge < -0.3 is 9.16 Å². The van der Waals surface area contributed by atoms with Gasteiger partial charge in [-0.15, -0.1) is 6.58 Å². The molecular formula is C19H34O4Si. The summed E-state index contributed by atoms with van der Waals surface area (Å²) < 4.78 is 11.7. The molecule has 0 amide bonds. The zero-order valence-electron chi connectivity index (χ0n) is 16.2. The zero-order valence-corrected chi connectivity index (χ0v) is 17.2. The normalized spacial score (nSPS) is 25.4. The van der Waals surface area contributed by atoms with Crippen molar-refractivity contribution in [2.75, 3.05) is 6.61 Å². The molecule has 1 aliphatic carbocycles. The molecule has 0 saturated heterocycles. The Morgan fingerprint density at radius 2 is 2.00 bits per heavy atom. The SMILES string of the molecule is C=CC[C@H]1[C@H](O[Si](C)(C)C(C)(C)C)CCC(=O)[C@@H]1CC(=O)OCC. The molecular weight excluding hydrogens is 320 g/mol. The molecule has 138 valence electrons. The van der Waals surface area contributed by atoms with E-state index in [1.54, 1.807) is 6.92 Å².